The van der Waals surface area contributed by atoms with Crippen LogP contribution in [0.15, 0.2) is 97.3 Å². The molecule has 4 heterocycles. The zero-order valence-corrected chi connectivity index (χ0v) is 20.8. The normalized spacial score (nSPS) is 14.8. The van der Waals surface area contributed by atoms with E-state index in [1.807, 2.05) is 0 Å². The molecule has 0 atom stereocenters. The maximum atomic E-state index is 3.70. The van der Waals surface area contributed by atoms with E-state index in [-0.39, 0.29) is 0 Å². The number of rotatable bonds is 0. The van der Waals surface area contributed by atoms with Crippen molar-refractivity contribution in [1.82, 2.24) is 0 Å². The highest BCUT2D eigenvalue weighted by atomic mass is 15.0. The first-order valence-electron chi connectivity index (χ1n) is 13.2. The predicted molar refractivity (Wildman–Crippen MR) is 148 cm³/mol. The largest absolute Gasteiger partial charge is 0.384 e. The van der Waals surface area contributed by atoms with E-state index >= 15 is 0 Å². The molecule has 2 N–H and O–H groups in total. The van der Waals surface area contributed by atoms with Gasteiger partial charge in [-0.1, -0.05) is 55.3 Å². The van der Waals surface area contributed by atoms with Crippen molar-refractivity contribution in [2.24, 2.45) is 0 Å². The first-order valence-corrected chi connectivity index (χ1v) is 13.2. The summed E-state index contributed by atoms with van der Waals surface area (Å²) >= 11 is 0. The molecule has 7 rings (SSSR count). The topological polar surface area (TPSA) is 31.8 Å². The molecule has 2 aromatic heterocycles. The van der Waals surface area contributed by atoms with Crippen molar-refractivity contribution >= 4 is 33.2 Å². The molecule has 4 heteroatoms. The van der Waals surface area contributed by atoms with Crippen molar-refractivity contribution in [2.75, 3.05) is 23.7 Å². The van der Waals surface area contributed by atoms with Crippen LogP contribution < -0.4 is 19.8 Å². The molecular formula is C32H34N4+2. The summed E-state index contributed by atoms with van der Waals surface area (Å²) in [4.78, 5) is 0. The van der Waals surface area contributed by atoms with Gasteiger partial charge < -0.3 is 10.6 Å². The van der Waals surface area contributed by atoms with Gasteiger partial charge in [-0.15, -0.1) is 0 Å². The summed E-state index contributed by atoms with van der Waals surface area (Å²) in [5.41, 5.74) is 7.62. The van der Waals surface area contributed by atoms with Gasteiger partial charge in [0.05, 0.1) is 22.1 Å². The van der Waals surface area contributed by atoms with Crippen LogP contribution in [-0.2, 0) is 13.1 Å². The van der Waals surface area contributed by atoms with Crippen molar-refractivity contribution in [1.29, 1.82) is 0 Å². The van der Waals surface area contributed by atoms with E-state index in [4.69, 9.17) is 0 Å². The Morgan fingerprint density at radius 1 is 0.500 bits per heavy atom. The predicted octanol–water partition coefficient (Wildman–Crippen LogP) is 6.06. The smallest absolute Gasteiger partial charge is 0.214 e. The number of pyridine rings is 2. The number of nitrogens with zero attached hydrogens (tertiary/aromatic N) is 2. The molecule has 0 aliphatic carbocycles. The second-order valence-corrected chi connectivity index (χ2v) is 9.84. The van der Waals surface area contributed by atoms with Crippen molar-refractivity contribution < 1.29 is 9.13 Å². The highest BCUT2D eigenvalue weighted by Gasteiger charge is 2.16. The molecule has 0 fully saturated rings. The summed E-state index contributed by atoms with van der Waals surface area (Å²) in [6, 6.07) is 31.0. The molecule has 0 radical (unpaired) electrons. The van der Waals surface area contributed by atoms with Gasteiger partial charge in [-0.2, -0.15) is 9.13 Å². The molecule has 0 saturated carbocycles. The number of anilines is 2. The quantitative estimate of drug-likeness (QED) is 0.267. The Hall–Kier alpha value is -3.92. The van der Waals surface area contributed by atoms with Crippen LogP contribution >= 0.6 is 0 Å². The minimum Gasteiger partial charge on any atom is -0.384 e. The average Bonchev–Trinajstić information content (AvgIpc) is 2.92. The number of benzene rings is 3. The van der Waals surface area contributed by atoms with Crippen LogP contribution in [0.3, 0.4) is 0 Å². The van der Waals surface area contributed by atoms with Crippen LogP contribution in [0.2, 0.25) is 0 Å². The molecular weight excluding hydrogens is 440 g/mol. The van der Waals surface area contributed by atoms with E-state index in [0.717, 1.165) is 26.2 Å². The third-order valence-electron chi connectivity index (χ3n) is 7.28. The molecule has 2 aliphatic heterocycles. The summed E-state index contributed by atoms with van der Waals surface area (Å²) < 4.78 is 4.73. The number of fused-ring (bicyclic) bond motifs is 9. The van der Waals surface area contributed by atoms with E-state index in [2.05, 4.69) is 117 Å². The molecule has 3 aromatic carbocycles. The van der Waals surface area contributed by atoms with Gasteiger partial charge in [0.2, 0.25) is 11.0 Å². The summed E-state index contributed by atoms with van der Waals surface area (Å²) in [7, 11) is 0. The number of hydrogen-bond donors (Lipinski definition) is 2. The second-order valence-electron chi connectivity index (χ2n) is 9.84. The first kappa shape index (κ1) is 22.5. The van der Waals surface area contributed by atoms with Gasteiger partial charge in [0.25, 0.3) is 0 Å². The maximum Gasteiger partial charge on any atom is 0.214 e. The zero-order valence-electron chi connectivity index (χ0n) is 20.8. The zero-order chi connectivity index (χ0) is 24.2. The Kier molecular flexibility index (Phi) is 6.49. The summed E-state index contributed by atoms with van der Waals surface area (Å²) in [6.07, 6.45) is 9.31. The van der Waals surface area contributed by atoms with Gasteiger partial charge >= 0.3 is 0 Å². The summed E-state index contributed by atoms with van der Waals surface area (Å²) in [5.74, 6) is 0. The highest BCUT2D eigenvalue weighted by Crippen LogP contribution is 2.22. The minimum atomic E-state index is 0.850. The Morgan fingerprint density at radius 2 is 1.00 bits per heavy atom. The van der Waals surface area contributed by atoms with E-state index in [1.165, 1.54) is 70.0 Å². The Labute approximate surface area is 213 Å². The molecule has 4 nitrogen and oxygen atoms in total. The number of para-hydroxylation sites is 2. The Balaban J connectivity index is 1.39. The fourth-order valence-corrected chi connectivity index (χ4v) is 5.43. The molecule has 2 aliphatic rings. The summed E-state index contributed by atoms with van der Waals surface area (Å²) in [5, 5.41) is 9.97. The summed E-state index contributed by atoms with van der Waals surface area (Å²) in [6.45, 7) is 3.71. The van der Waals surface area contributed by atoms with Crippen molar-refractivity contribution in [3.63, 3.8) is 0 Å². The monoisotopic (exact) mass is 474 g/mol. The van der Waals surface area contributed by atoms with Gasteiger partial charge in [0.15, 0.2) is 25.5 Å². The lowest BCUT2D eigenvalue weighted by Crippen LogP contribution is -2.36. The van der Waals surface area contributed by atoms with Crippen molar-refractivity contribution in [2.45, 2.75) is 38.8 Å². The van der Waals surface area contributed by atoms with Gasteiger partial charge in [0.1, 0.15) is 0 Å². The van der Waals surface area contributed by atoms with Gasteiger partial charge in [-0.05, 0) is 31.0 Å². The standard InChI is InChI=1S/C32H32N4/c1-2-8-19-34-30-17-21-36(32-15-6-4-13-28(30)32)24-26-11-9-10-25(22-26)23-35-20-16-29(33-18-7-1)27-12-3-5-14-31(27)35/h3-6,9-17,20-22H,1-2,7-8,18-19,23-24H2/p+2. The lowest BCUT2D eigenvalue weighted by molar-refractivity contribution is -0.663. The lowest BCUT2D eigenvalue weighted by Gasteiger charge is -2.10. The second kappa shape index (κ2) is 10.4. The average molecular weight is 475 g/mol. The van der Waals surface area contributed by atoms with Crippen LogP contribution in [0.25, 0.3) is 21.8 Å². The fourth-order valence-electron chi connectivity index (χ4n) is 5.43. The minimum absolute atomic E-state index is 0.850. The molecule has 0 spiro atoms. The Morgan fingerprint density at radius 3 is 1.53 bits per heavy atom. The SMILES string of the molecule is c1cc2cc(c1)C[n+]1ccc(c3ccccc31)NCCCCCCNc1cc[n+](c3ccccc13)C2. The van der Waals surface area contributed by atoms with Crippen LogP contribution in [-0.4, -0.2) is 13.1 Å². The van der Waals surface area contributed by atoms with Crippen LogP contribution in [0.1, 0.15) is 36.8 Å². The third kappa shape index (κ3) is 4.76. The van der Waals surface area contributed by atoms with E-state index in [9.17, 15) is 0 Å². The van der Waals surface area contributed by atoms with Gasteiger partial charge in [-0.3, -0.25) is 0 Å². The maximum absolute atomic E-state index is 3.70. The third-order valence-corrected chi connectivity index (χ3v) is 7.28. The first-order chi connectivity index (χ1) is 17.8. The fraction of sp³-hybridized carbons (Fsp3) is 0.250. The molecule has 0 amide bonds. The molecule has 0 saturated heterocycles. The van der Waals surface area contributed by atoms with Crippen molar-refractivity contribution in [3.05, 3.63) is 108 Å². The van der Waals surface area contributed by atoms with Crippen LogP contribution in [0, 0.1) is 0 Å². The van der Waals surface area contributed by atoms with Crippen LogP contribution in [0.5, 0.6) is 0 Å². The van der Waals surface area contributed by atoms with E-state index in [0.29, 0.717) is 0 Å². The van der Waals surface area contributed by atoms with E-state index in [1.54, 1.807) is 0 Å². The molecule has 36 heavy (non-hydrogen) atoms. The number of aromatic nitrogens is 2. The molecule has 5 aromatic rings. The highest BCUT2D eigenvalue weighted by molar-refractivity contribution is 5.89. The number of hydrogen-bond acceptors (Lipinski definition) is 2. The lowest BCUT2D eigenvalue weighted by atomic mass is 10.1. The van der Waals surface area contributed by atoms with E-state index < -0.39 is 0 Å². The molecule has 180 valence electrons. The van der Waals surface area contributed by atoms with Crippen LogP contribution in [0.4, 0.5) is 11.4 Å². The van der Waals surface area contributed by atoms with Gasteiger partial charge in [-0.25, -0.2) is 0 Å². The molecule has 0 unspecified atom stereocenters. The number of nitrogens with one attached hydrogen (secondary N) is 2. The van der Waals surface area contributed by atoms with Crippen molar-refractivity contribution in [3.8, 4) is 0 Å². The Bertz CT molecular complexity index is 1400. The molecule has 6 bridgehead atoms. The van der Waals surface area contributed by atoms with Gasteiger partial charge in [0, 0.05) is 48.5 Å².